The van der Waals surface area contributed by atoms with Gasteiger partial charge in [-0.15, -0.1) is 0 Å². The first-order chi connectivity index (χ1) is 11.5. The Morgan fingerprint density at radius 2 is 2.17 bits per heavy atom. The summed E-state index contributed by atoms with van der Waals surface area (Å²) in [6.07, 6.45) is 5.46. The third-order valence-corrected chi connectivity index (χ3v) is 3.85. The highest BCUT2D eigenvalue weighted by atomic mass is 16.2. The summed E-state index contributed by atoms with van der Waals surface area (Å²) in [4.78, 5) is 23.2. The van der Waals surface area contributed by atoms with Gasteiger partial charge in [-0.3, -0.25) is 14.1 Å². The average Bonchev–Trinajstić information content (AvgIpc) is 2.96. The molecule has 2 heterocycles. The largest absolute Gasteiger partial charge is 0.349 e. The lowest BCUT2D eigenvalue weighted by Gasteiger charge is -2.24. The van der Waals surface area contributed by atoms with Crippen LogP contribution in [0.5, 0.6) is 0 Å². The third kappa shape index (κ3) is 3.44. The fraction of sp³-hybridized carbons (Fsp3) is 0.278. The molecule has 0 bridgehead atoms. The molecule has 1 aromatic carbocycles. The predicted octanol–water partition coefficient (Wildman–Crippen LogP) is 1.96. The number of aryl methyl sites for hydroxylation is 1. The number of likely N-dealkylation sites (N-methyl/N-ethyl adjacent to an activating group) is 1. The Hall–Kier alpha value is -2.73. The predicted molar refractivity (Wildman–Crippen MR) is 92.4 cm³/mol. The number of benzene rings is 1. The van der Waals surface area contributed by atoms with Crippen molar-refractivity contribution in [2.75, 3.05) is 14.1 Å². The van der Waals surface area contributed by atoms with E-state index < -0.39 is 0 Å². The van der Waals surface area contributed by atoms with Crippen LogP contribution in [0.3, 0.4) is 0 Å². The van der Waals surface area contributed by atoms with Crippen molar-refractivity contribution in [1.82, 2.24) is 24.6 Å². The van der Waals surface area contributed by atoms with E-state index in [0.29, 0.717) is 12.3 Å². The molecule has 124 valence electrons. The summed E-state index contributed by atoms with van der Waals surface area (Å²) in [5.74, 6) is 0.584. The highest BCUT2D eigenvalue weighted by Crippen LogP contribution is 2.19. The van der Waals surface area contributed by atoms with Gasteiger partial charge in [0.25, 0.3) is 0 Å². The van der Waals surface area contributed by atoms with Gasteiger partial charge >= 0.3 is 0 Å². The lowest BCUT2D eigenvalue weighted by atomic mass is 10.0. The molecule has 6 nitrogen and oxygen atoms in total. The second kappa shape index (κ2) is 6.80. The highest BCUT2D eigenvalue weighted by Gasteiger charge is 2.22. The van der Waals surface area contributed by atoms with Crippen LogP contribution in [0, 0.1) is 6.92 Å². The second-order valence-electron chi connectivity index (χ2n) is 6.06. The zero-order valence-corrected chi connectivity index (χ0v) is 14.1. The van der Waals surface area contributed by atoms with Crippen molar-refractivity contribution >= 4 is 11.7 Å². The highest BCUT2D eigenvalue weighted by molar-refractivity contribution is 5.83. The Bertz CT molecular complexity index is 822. The van der Waals surface area contributed by atoms with Crippen LogP contribution < -0.4 is 5.32 Å². The molecule has 0 radical (unpaired) electrons. The Morgan fingerprint density at radius 3 is 2.88 bits per heavy atom. The fourth-order valence-electron chi connectivity index (χ4n) is 2.76. The number of hydrogen-bond acceptors (Lipinski definition) is 4. The first-order valence-electron chi connectivity index (χ1n) is 7.84. The zero-order valence-electron chi connectivity index (χ0n) is 14.1. The van der Waals surface area contributed by atoms with Crippen LogP contribution in [0.15, 0.2) is 48.9 Å². The number of fused-ring (bicyclic) bond motifs is 1. The molecule has 0 saturated carbocycles. The molecule has 3 aromatic rings. The topological polar surface area (TPSA) is 62.5 Å². The van der Waals surface area contributed by atoms with Crippen LogP contribution in [-0.4, -0.2) is 39.3 Å². The number of rotatable bonds is 5. The molecular formula is C18H21N5O. The van der Waals surface area contributed by atoms with Crippen LogP contribution in [-0.2, 0) is 11.3 Å². The van der Waals surface area contributed by atoms with Crippen LogP contribution in [0.2, 0.25) is 0 Å². The molecule has 1 unspecified atom stereocenters. The van der Waals surface area contributed by atoms with Crippen molar-refractivity contribution < 1.29 is 4.79 Å². The fourth-order valence-corrected chi connectivity index (χ4v) is 2.76. The van der Waals surface area contributed by atoms with Crippen LogP contribution in [0.1, 0.15) is 22.9 Å². The summed E-state index contributed by atoms with van der Waals surface area (Å²) in [5.41, 5.74) is 2.90. The van der Waals surface area contributed by atoms with Gasteiger partial charge < -0.3 is 5.32 Å². The molecule has 0 saturated heterocycles. The number of hydrogen-bond donors (Lipinski definition) is 1. The molecule has 2 aromatic heterocycles. The van der Waals surface area contributed by atoms with E-state index in [1.54, 1.807) is 6.20 Å². The van der Waals surface area contributed by atoms with E-state index in [0.717, 1.165) is 16.8 Å². The van der Waals surface area contributed by atoms with Crippen molar-refractivity contribution in [3.8, 4) is 0 Å². The summed E-state index contributed by atoms with van der Waals surface area (Å²) in [7, 11) is 3.81. The summed E-state index contributed by atoms with van der Waals surface area (Å²) in [6.45, 7) is 2.40. The second-order valence-corrected chi connectivity index (χ2v) is 6.06. The minimum atomic E-state index is -0.333. The first kappa shape index (κ1) is 16.1. The molecule has 0 aliphatic carbocycles. The summed E-state index contributed by atoms with van der Waals surface area (Å²) in [5, 5.41) is 2.98. The van der Waals surface area contributed by atoms with Crippen LogP contribution >= 0.6 is 0 Å². The monoisotopic (exact) mass is 323 g/mol. The van der Waals surface area contributed by atoms with Crippen LogP contribution in [0.25, 0.3) is 5.78 Å². The summed E-state index contributed by atoms with van der Waals surface area (Å²) >= 11 is 0. The molecule has 0 aliphatic heterocycles. The summed E-state index contributed by atoms with van der Waals surface area (Å²) < 4.78 is 1.84. The quantitative estimate of drug-likeness (QED) is 0.780. The van der Waals surface area contributed by atoms with Crippen molar-refractivity contribution in [1.29, 1.82) is 0 Å². The first-order valence-corrected chi connectivity index (χ1v) is 7.84. The third-order valence-electron chi connectivity index (χ3n) is 3.85. The Kier molecular flexibility index (Phi) is 4.57. The van der Waals surface area contributed by atoms with Gasteiger partial charge in [0, 0.05) is 18.6 Å². The molecule has 0 aliphatic rings. The van der Waals surface area contributed by atoms with Gasteiger partial charge in [-0.2, -0.15) is 0 Å². The zero-order chi connectivity index (χ0) is 17.1. The number of imidazole rings is 1. The Labute approximate surface area is 141 Å². The van der Waals surface area contributed by atoms with Gasteiger partial charge in [0.2, 0.25) is 11.7 Å². The number of carbonyl (C=O) groups is 1. The minimum Gasteiger partial charge on any atom is -0.349 e. The van der Waals surface area contributed by atoms with Gasteiger partial charge in [-0.05, 0) is 32.6 Å². The van der Waals surface area contributed by atoms with Gasteiger partial charge in [-0.25, -0.2) is 9.97 Å². The molecule has 0 fully saturated rings. The van der Waals surface area contributed by atoms with E-state index in [4.69, 9.17) is 0 Å². The molecular weight excluding hydrogens is 302 g/mol. The molecule has 6 heteroatoms. The number of carbonyl (C=O) groups excluding carboxylic acids is 1. The number of nitrogens with one attached hydrogen (secondary N) is 1. The van der Waals surface area contributed by atoms with Crippen molar-refractivity contribution in [2.24, 2.45) is 0 Å². The van der Waals surface area contributed by atoms with E-state index in [1.165, 1.54) is 0 Å². The number of amides is 1. The average molecular weight is 323 g/mol. The van der Waals surface area contributed by atoms with E-state index in [-0.39, 0.29) is 11.9 Å². The van der Waals surface area contributed by atoms with E-state index in [2.05, 4.69) is 15.3 Å². The van der Waals surface area contributed by atoms with Crippen molar-refractivity contribution in [3.63, 3.8) is 0 Å². The van der Waals surface area contributed by atoms with Crippen molar-refractivity contribution in [3.05, 3.63) is 65.7 Å². The van der Waals surface area contributed by atoms with Gasteiger partial charge in [0.15, 0.2) is 0 Å². The van der Waals surface area contributed by atoms with Crippen molar-refractivity contribution in [2.45, 2.75) is 19.5 Å². The van der Waals surface area contributed by atoms with Gasteiger partial charge in [-0.1, -0.05) is 29.8 Å². The number of nitrogens with zero attached hydrogens (tertiary/aromatic N) is 4. The van der Waals surface area contributed by atoms with E-state index in [9.17, 15) is 4.79 Å². The molecule has 1 N–H and O–H groups in total. The van der Waals surface area contributed by atoms with E-state index in [1.807, 2.05) is 73.0 Å². The molecule has 1 amide bonds. The maximum atomic E-state index is 12.7. The van der Waals surface area contributed by atoms with E-state index >= 15 is 0 Å². The lowest BCUT2D eigenvalue weighted by molar-refractivity contribution is -0.126. The Morgan fingerprint density at radius 1 is 1.33 bits per heavy atom. The van der Waals surface area contributed by atoms with Crippen LogP contribution in [0.4, 0.5) is 0 Å². The minimum absolute atomic E-state index is 0.0457. The molecule has 24 heavy (non-hydrogen) atoms. The SMILES string of the molecule is Cc1cccc(C(C(=O)NCc2cn3cccnc3n2)N(C)C)c1. The van der Waals surface area contributed by atoms with Gasteiger partial charge in [0.1, 0.15) is 6.04 Å². The maximum Gasteiger partial charge on any atom is 0.242 e. The van der Waals surface area contributed by atoms with Gasteiger partial charge in [0.05, 0.1) is 12.2 Å². The Balaban J connectivity index is 1.74. The summed E-state index contributed by atoms with van der Waals surface area (Å²) in [6, 6.07) is 9.53. The standard InChI is InChI=1S/C18H21N5O/c1-13-6-4-7-14(10-13)16(22(2)3)17(24)20-11-15-12-23-9-5-8-19-18(23)21-15/h4-10,12,16H,11H2,1-3H3,(H,20,24). The molecule has 3 rings (SSSR count). The molecule has 0 spiro atoms. The number of aromatic nitrogens is 3. The maximum absolute atomic E-state index is 12.7. The lowest BCUT2D eigenvalue weighted by Crippen LogP contribution is -2.36. The normalized spacial score (nSPS) is 12.5. The molecule has 1 atom stereocenters. The smallest absolute Gasteiger partial charge is 0.242 e.